The van der Waals surface area contributed by atoms with Crippen molar-refractivity contribution in [1.29, 1.82) is 0 Å². The van der Waals surface area contributed by atoms with Crippen molar-refractivity contribution in [3.05, 3.63) is 71.8 Å². The molecule has 0 radical (unpaired) electrons. The van der Waals surface area contributed by atoms with E-state index >= 15 is 0 Å². The van der Waals surface area contributed by atoms with Crippen molar-refractivity contribution in [2.75, 3.05) is 6.26 Å². The Morgan fingerprint density at radius 3 is 1.95 bits per heavy atom. The summed E-state index contributed by atoms with van der Waals surface area (Å²) in [5, 5.41) is 10.7. The fraction of sp³-hybridized carbons (Fsp3) is 0.133. The minimum Gasteiger partial charge on any atom is -0.364 e. The van der Waals surface area contributed by atoms with Crippen molar-refractivity contribution >= 4 is 15.8 Å². The Hall–Kier alpha value is -2.02. The third kappa shape index (κ3) is 3.55. The van der Waals surface area contributed by atoms with Gasteiger partial charge < -0.3 is 5.11 Å². The molecule has 110 valence electrons. The number of ketones is 1. The van der Waals surface area contributed by atoms with Gasteiger partial charge in [0.15, 0.2) is 0 Å². The van der Waals surface area contributed by atoms with Gasteiger partial charge in [-0.05, 0) is 0 Å². The summed E-state index contributed by atoms with van der Waals surface area (Å²) in [6, 6.07) is 15.9. The first-order valence-corrected chi connectivity index (χ1v) is 8.09. The number of hydrogen-bond acceptors (Lipinski definition) is 4. The molecule has 0 saturated heterocycles. The molecule has 2 rings (SSSR count). The number of aliphatic hydroxyl groups is 1. The second kappa shape index (κ2) is 5.77. The third-order valence-corrected chi connectivity index (χ3v) is 3.56. The van der Waals surface area contributed by atoms with Crippen LogP contribution in [0.15, 0.2) is 60.7 Å². The molecule has 0 aliphatic heterocycles. The van der Waals surface area contributed by atoms with Gasteiger partial charge in [-0.2, -0.15) is 4.72 Å². The van der Waals surface area contributed by atoms with E-state index in [9.17, 15) is 18.3 Å². The Morgan fingerprint density at radius 1 is 1.00 bits per heavy atom. The highest BCUT2D eigenvalue weighted by atomic mass is 32.2. The number of carbonyl (C=O) groups excluding carboxylic acids is 1. The number of sulfonamides is 1. The molecule has 2 aromatic rings. The lowest BCUT2D eigenvalue weighted by Gasteiger charge is -2.27. The quantitative estimate of drug-likeness (QED) is 0.643. The van der Waals surface area contributed by atoms with Crippen LogP contribution in [-0.4, -0.2) is 25.6 Å². The maximum Gasteiger partial charge on any atom is 0.220 e. The molecule has 1 unspecified atom stereocenters. The summed E-state index contributed by atoms with van der Waals surface area (Å²) in [6.45, 7) is 0. The van der Waals surface area contributed by atoms with E-state index in [0.717, 1.165) is 6.26 Å². The summed E-state index contributed by atoms with van der Waals surface area (Å²) in [5.41, 5.74) is -1.97. The number of benzene rings is 2. The van der Waals surface area contributed by atoms with Gasteiger partial charge in [0, 0.05) is 11.1 Å². The van der Waals surface area contributed by atoms with Gasteiger partial charge in [-0.15, -0.1) is 0 Å². The molecule has 0 heterocycles. The molecule has 0 spiro atoms. The number of rotatable bonds is 5. The largest absolute Gasteiger partial charge is 0.364 e. The topological polar surface area (TPSA) is 83.5 Å². The zero-order valence-corrected chi connectivity index (χ0v) is 12.2. The molecule has 0 bridgehead atoms. The first-order valence-electron chi connectivity index (χ1n) is 6.19. The van der Waals surface area contributed by atoms with Crippen LogP contribution in [0.25, 0.3) is 0 Å². The van der Waals surface area contributed by atoms with Gasteiger partial charge in [-0.1, -0.05) is 60.7 Å². The monoisotopic (exact) mass is 305 g/mol. The van der Waals surface area contributed by atoms with Crippen LogP contribution in [-0.2, 0) is 15.7 Å². The lowest BCUT2D eigenvalue weighted by Crippen LogP contribution is -2.51. The Morgan fingerprint density at radius 2 is 1.48 bits per heavy atom. The van der Waals surface area contributed by atoms with Crippen LogP contribution in [0.4, 0.5) is 0 Å². The fourth-order valence-electron chi connectivity index (χ4n) is 1.98. The molecule has 5 nitrogen and oxygen atoms in total. The summed E-state index contributed by atoms with van der Waals surface area (Å²) in [4.78, 5) is 12.6. The molecule has 0 aliphatic carbocycles. The van der Waals surface area contributed by atoms with Crippen molar-refractivity contribution in [1.82, 2.24) is 4.72 Å². The number of hydrogen-bond donors (Lipinski definition) is 2. The van der Waals surface area contributed by atoms with Crippen molar-refractivity contribution in [3.63, 3.8) is 0 Å². The van der Waals surface area contributed by atoms with E-state index < -0.39 is 21.5 Å². The zero-order chi connectivity index (χ0) is 15.5. The lowest BCUT2D eigenvalue weighted by molar-refractivity contribution is 0.0236. The van der Waals surface area contributed by atoms with E-state index in [2.05, 4.69) is 0 Å². The molecule has 2 N–H and O–H groups in total. The smallest absolute Gasteiger partial charge is 0.220 e. The minimum atomic E-state index is -3.80. The summed E-state index contributed by atoms with van der Waals surface area (Å²) < 4.78 is 25.1. The van der Waals surface area contributed by atoms with Crippen LogP contribution < -0.4 is 4.72 Å². The van der Waals surface area contributed by atoms with Crippen LogP contribution in [0, 0.1) is 0 Å². The molecule has 2 aromatic carbocycles. The number of nitrogens with one attached hydrogen (secondary N) is 1. The van der Waals surface area contributed by atoms with Gasteiger partial charge in [-0.3, -0.25) is 4.79 Å². The molecule has 0 aliphatic rings. The summed E-state index contributed by atoms with van der Waals surface area (Å²) in [5.74, 6) is -0.736. The van der Waals surface area contributed by atoms with Gasteiger partial charge in [-0.25, -0.2) is 8.42 Å². The van der Waals surface area contributed by atoms with Crippen LogP contribution in [0.1, 0.15) is 15.9 Å². The molecule has 21 heavy (non-hydrogen) atoms. The SMILES string of the molecule is CS(=O)(=O)NC(O)(C(=O)c1ccccc1)c1ccccc1. The van der Waals surface area contributed by atoms with Gasteiger partial charge in [0.2, 0.25) is 21.5 Å². The Bertz CT molecular complexity index is 729. The molecule has 0 saturated carbocycles. The highest BCUT2D eigenvalue weighted by Gasteiger charge is 2.41. The average molecular weight is 305 g/mol. The van der Waals surface area contributed by atoms with Crippen molar-refractivity contribution < 1.29 is 18.3 Å². The normalized spacial score (nSPS) is 14.4. The maximum absolute atomic E-state index is 12.6. The van der Waals surface area contributed by atoms with E-state index in [1.807, 2.05) is 4.72 Å². The Kier molecular flexibility index (Phi) is 4.22. The van der Waals surface area contributed by atoms with Crippen LogP contribution in [0.3, 0.4) is 0 Å². The van der Waals surface area contributed by atoms with Crippen LogP contribution >= 0.6 is 0 Å². The summed E-state index contributed by atoms with van der Waals surface area (Å²) >= 11 is 0. The molecule has 0 aromatic heterocycles. The second-order valence-corrected chi connectivity index (χ2v) is 6.39. The number of carbonyl (C=O) groups is 1. The third-order valence-electron chi connectivity index (χ3n) is 2.89. The molecule has 1 atom stereocenters. The standard InChI is InChI=1S/C15H15NO4S/c1-21(19,20)16-15(18,13-10-6-3-7-11-13)14(17)12-8-4-2-5-9-12/h2-11,16,18H,1H3. The van der Waals surface area contributed by atoms with Crippen molar-refractivity contribution in [2.45, 2.75) is 5.72 Å². The van der Waals surface area contributed by atoms with Crippen molar-refractivity contribution in [3.8, 4) is 0 Å². The van der Waals surface area contributed by atoms with E-state index in [4.69, 9.17) is 0 Å². The summed E-state index contributed by atoms with van der Waals surface area (Å²) in [6.07, 6.45) is 0.888. The Labute approximate surface area is 123 Å². The molecule has 0 fully saturated rings. The predicted molar refractivity (Wildman–Crippen MR) is 79.1 cm³/mol. The first-order chi connectivity index (χ1) is 9.83. The fourth-order valence-corrected chi connectivity index (χ4v) is 2.73. The lowest BCUT2D eigenvalue weighted by atomic mass is 9.94. The molecular formula is C15H15NO4S. The van der Waals surface area contributed by atoms with Gasteiger partial charge in [0.1, 0.15) is 0 Å². The first kappa shape index (κ1) is 15.4. The molecule has 0 amide bonds. The minimum absolute atomic E-state index is 0.157. The predicted octanol–water partition coefficient (Wildman–Crippen LogP) is 1.26. The average Bonchev–Trinajstić information content (AvgIpc) is 2.46. The highest BCUT2D eigenvalue weighted by Crippen LogP contribution is 2.24. The van der Waals surface area contributed by atoms with E-state index in [0.29, 0.717) is 0 Å². The molecular weight excluding hydrogens is 290 g/mol. The highest BCUT2D eigenvalue weighted by molar-refractivity contribution is 7.88. The van der Waals surface area contributed by atoms with E-state index in [-0.39, 0.29) is 11.1 Å². The second-order valence-electron chi connectivity index (χ2n) is 4.65. The number of Topliss-reactive ketones (excluding diaryl/α,β-unsaturated/α-hetero) is 1. The molecule has 6 heteroatoms. The van der Waals surface area contributed by atoms with Crippen molar-refractivity contribution in [2.24, 2.45) is 0 Å². The van der Waals surface area contributed by atoms with Gasteiger partial charge in [0.25, 0.3) is 0 Å². The maximum atomic E-state index is 12.6. The summed E-state index contributed by atoms with van der Waals surface area (Å²) in [7, 11) is -3.80. The Balaban J connectivity index is 2.54. The van der Waals surface area contributed by atoms with E-state index in [1.165, 1.54) is 24.3 Å². The van der Waals surface area contributed by atoms with Gasteiger partial charge in [0.05, 0.1) is 6.26 Å². The van der Waals surface area contributed by atoms with Crippen LogP contribution in [0.5, 0.6) is 0 Å². The van der Waals surface area contributed by atoms with Crippen LogP contribution in [0.2, 0.25) is 0 Å². The van der Waals surface area contributed by atoms with E-state index in [1.54, 1.807) is 36.4 Å². The van der Waals surface area contributed by atoms with Gasteiger partial charge >= 0.3 is 0 Å². The zero-order valence-electron chi connectivity index (χ0n) is 11.4.